The van der Waals surface area contributed by atoms with Crippen LogP contribution in [0.4, 0.5) is 0 Å². The Balaban J connectivity index is 1.46. The lowest BCUT2D eigenvalue weighted by atomic mass is 9.99. The number of carbonyl (C=O) groups is 1. The van der Waals surface area contributed by atoms with Gasteiger partial charge < -0.3 is 4.90 Å². The van der Waals surface area contributed by atoms with E-state index in [1.54, 1.807) is 0 Å². The van der Waals surface area contributed by atoms with E-state index >= 15 is 0 Å². The number of rotatable bonds is 5. The maximum Gasteiger partial charge on any atom is 0.227 e. The zero-order valence-corrected chi connectivity index (χ0v) is 17.1. The molecule has 2 atom stereocenters. The van der Waals surface area contributed by atoms with Crippen LogP contribution in [0, 0.1) is 5.92 Å². The molecule has 6 heteroatoms. The third-order valence-electron chi connectivity index (χ3n) is 6.30. The molecule has 1 amide bonds. The quantitative estimate of drug-likeness (QED) is 0.772. The highest BCUT2D eigenvalue weighted by Gasteiger charge is 2.48. The number of hydrogen-bond donors (Lipinski definition) is 0. The average Bonchev–Trinajstić information content (AvgIpc) is 3.35. The van der Waals surface area contributed by atoms with E-state index in [1.165, 1.54) is 18.4 Å². The molecule has 3 fully saturated rings. The van der Waals surface area contributed by atoms with Gasteiger partial charge in [0.1, 0.15) is 0 Å². The second-order valence-corrected chi connectivity index (χ2v) is 11.0. The first-order valence-electron chi connectivity index (χ1n) is 10.1. The van der Waals surface area contributed by atoms with E-state index in [0.29, 0.717) is 18.9 Å². The molecule has 0 aromatic heterocycles. The minimum absolute atomic E-state index is 0.0170. The fourth-order valence-corrected chi connectivity index (χ4v) is 6.50. The Bertz CT molecular complexity index is 799. The number of fused-ring (bicyclic) bond motifs is 1. The summed E-state index contributed by atoms with van der Waals surface area (Å²) in [5, 5.41) is 0. The predicted molar refractivity (Wildman–Crippen MR) is 106 cm³/mol. The van der Waals surface area contributed by atoms with Crippen molar-refractivity contribution in [2.24, 2.45) is 5.92 Å². The molecule has 148 valence electrons. The van der Waals surface area contributed by atoms with E-state index in [4.69, 9.17) is 0 Å². The number of sulfone groups is 1. The number of carbonyl (C=O) groups excluding carboxylic acids is 1. The van der Waals surface area contributed by atoms with Crippen LogP contribution in [0.1, 0.15) is 43.7 Å². The lowest BCUT2D eigenvalue weighted by Crippen LogP contribution is -2.61. The highest BCUT2D eigenvalue weighted by atomic mass is 32.2. The van der Waals surface area contributed by atoms with Crippen molar-refractivity contribution in [2.45, 2.75) is 51.1 Å². The van der Waals surface area contributed by atoms with Crippen LogP contribution in [0.5, 0.6) is 0 Å². The number of hydrogen-bond acceptors (Lipinski definition) is 4. The fraction of sp³-hybridized carbons (Fsp3) is 0.667. The molecule has 0 unspecified atom stereocenters. The first-order chi connectivity index (χ1) is 12.8. The van der Waals surface area contributed by atoms with E-state index in [9.17, 15) is 13.2 Å². The third kappa shape index (κ3) is 4.21. The van der Waals surface area contributed by atoms with Crippen LogP contribution in [0.15, 0.2) is 24.3 Å². The Morgan fingerprint density at radius 2 is 1.74 bits per heavy atom. The van der Waals surface area contributed by atoms with Crippen LogP contribution in [0.3, 0.4) is 0 Å². The largest absolute Gasteiger partial charge is 0.336 e. The van der Waals surface area contributed by atoms with Gasteiger partial charge in [-0.05, 0) is 35.8 Å². The first-order valence-corrected chi connectivity index (χ1v) is 12.0. The normalized spacial score (nSPS) is 27.7. The smallest absolute Gasteiger partial charge is 0.227 e. The molecule has 4 rings (SSSR count). The van der Waals surface area contributed by atoms with Gasteiger partial charge in [-0.2, -0.15) is 0 Å². The van der Waals surface area contributed by atoms with E-state index < -0.39 is 9.84 Å². The van der Waals surface area contributed by atoms with Crippen LogP contribution in [0.2, 0.25) is 0 Å². The minimum Gasteiger partial charge on any atom is -0.336 e. The van der Waals surface area contributed by atoms with Crippen molar-refractivity contribution in [1.82, 2.24) is 9.80 Å². The minimum atomic E-state index is -3.07. The van der Waals surface area contributed by atoms with E-state index in [1.807, 2.05) is 17.0 Å². The number of nitrogens with zero attached hydrogens (tertiary/aromatic N) is 2. The molecule has 27 heavy (non-hydrogen) atoms. The van der Waals surface area contributed by atoms with Gasteiger partial charge in [-0.15, -0.1) is 0 Å². The molecular weight excluding hydrogens is 360 g/mol. The molecule has 2 heterocycles. The summed E-state index contributed by atoms with van der Waals surface area (Å²) in [6.45, 7) is 6.75. The molecule has 3 aliphatic rings. The van der Waals surface area contributed by atoms with Crippen LogP contribution in [-0.2, 0) is 21.1 Å². The van der Waals surface area contributed by atoms with Gasteiger partial charge in [-0.3, -0.25) is 9.69 Å². The zero-order valence-electron chi connectivity index (χ0n) is 16.3. The molecule has 1 aliphatic carbocycles. The SMILES string of the molecule is CC(C)c1ccc(CC(=O)N2CCN(CC3CC3)[C@@H]3CS(=O)(=O)C[C@@H]32)cc1. The van der Waals surface area contributed by atoms with Gasteiger partial charge in [-0.1, -0.05) is 38.1 Å². The van der Waals surface area contributed by atoms with E-state index in [-0.39, 0.29) is 29.5 Å². The van der Waals surface area contributed by atoms with E-state index in [2.05, 4.69) is 30.9 Å². The molecule has 2 saturated heterocycles. The molecule has 0 bridgehead atoms. The van der Waals surface area contributed by atoms with Gasteiger partial charge in [0, 0.05) is 25.7 Å². The second kappa shape index (κ2) is 7.21. The first kappa shape index (κ1) is 18.9. The molecule has 0 spiro atoms. The molecule has 0 radical (unpaired) electrons. The summed E-state index contributed by atoms with van der Waals surface area (Å²) in [7, 11) is -3.07. The maximum atomic E-state index is 13.0. The van der Waals surface area contributed by atoms with Crippen LogP contribution in [-0.4, -0.2) is 67.3 Å². The summed E-state index contributed by atoms with van der Waals surface area (Å²) in [4.78, 5) is 17.2. The number of amides is 1. The number of benzene rings is 1. The van der Waals surface area contributed by atoms with Crippen molar-refractivity contribution >= 4 is 15.7 Å². The summed E-state index contributed by atoms with van der Waals surface area (Å²) in [5.41, 5.74) is 2.27. The number of piperazine rings is 1. The van der Waals surface area contributed by atoms with Gasteiger partial charge in [0.2, 0.25) is 5.91 Å². The van der Waals surface area contributed by atoms with Crippen molar-refractivity contribution in [1.29, 1.82) is 0 Å². The maximum absolute atomic E-state index is 13.0. The molecule has 1 aromatic carbocycles. The Morgan fingerprint density at radius 3 is 2.37 bits per heavy atom. The van der Waals surface area contributed by atoms with Gasteiger partial charge in [-0.25, -0.2) is 8.42 Å². The van der Waals surface area contributed by atoms with Crippen LogP contribution in [0.25, 0.3) is 0 Å². The molecule has 5 nitrogen and oxygen atoms in total. The Labute approximate surface area is 162 Å². The Kier molecular flexibility index (Phi) is 5.06. The molecule has 1 aromatic rings. The highest BCUT2D eigenvalue weighted by molar-refractivity contribution is 7.91. The Hall–Kier alpha value is -1.40. The summed E-state index contributed by atoms with van der Waals surface area (Å²) in [5.74, 6) is 1.59. The van der Waals surface area contributed by atoms with Gasteiger partial charge in [0.25, 0.3) is 0 Å². The van der Waals surface area contributed by atoms with Crippen molar-refractivity contribution < 1.29 is 13.2 Å². The van der Waals surface area contributed by atoms with Gasteiger partial charge >= 0.3 is 0 Å². The third-order valence-corrected chi connectivity index (χ3v) is 8.00. The van der Waals surface area contributed by atoms with Crippen molar-refractivity contribution in [3.63, 3.8) is 0 Å². The molecule has 2 aliphatic heterocycles. The van der Waals surface area contributed by atoms with Crippen molar-refractivity contribution in [3.05, 3.63) is 35.4 Å². The van der Waals surface area contributed by atoms with Crippen molar-refractivity contribution in [2.75, 3.05) is 31.1 Å². The fourth-order valence-electron chi connectivity index (χ4n) is 4.49. The monoisotopic (exact) mass is 390 g/mol. The lowest BCUT2D eigenvalue weighted by Gasteiger charge is -2.44. The van der Waals surface area contributed by atoms with E-state index in [0.717, 1.165) is 24.6 Å². The molecular formula is C21H30N2O3S. The summed E-state index contributed by atoms with van der Waals surface area (Å²) < 4.78 is 24.6. The Morgan fingerprint density at radius 1 is 1.07 bits per heavy atom. The lowest BCUT2D eigenvalue weighted by molar-refractivity contribution is -0.136. The predicted octanol–water partition coefficient (Wildman–Crippen LogP) is 2.07. The van der Waals surface area contributed by atoms with Crippen LogP contribution < -0.4 is 0 Å². The molecule has 1 saturated carbocycles. The second-order valence-electron chi connectivity index (χ2n) is 8.81. The van der Waals surface area contributed by atoms with Gasteiger partial charge in [0.05, 0.1) is 24.0 Å². The topological polar surface area (TPSA) is 57.7 Å². The summed E-state index contributed by atoms with van der Waals surface area (Å²) >= 11 is 0. The summed E-state index contributed by atoms with van der Waals surface area (Å²) in [6, 6.07) is 8.04. The zero-order chi connectivity index (χ0) is 19.2. The average molecular weight is 391 g/mol. The highest BCUT2D eigenvalue weighted by Crippen LogP contribution is 2.34. The van der Waals surface area contributed by atoms with Crippen LogP contribution >= 0.6 is 0 Å². The summed E-state index contributed by atoms with van der Waals surface area (Å²) in [6.07, 6.45) is 2.87. The molecule has 0 N–H and O–H groups in total. The van der Waals surface area contributed by atoms with Gasteiger partial charge in [0.15, 0.2) is 9.84 Å². The standard InChI is InChI=1S/C21H30N2O3S/c1-15(2)18-7-5-16(6-8-18)11-21(24)23-10-9-22(12-17-3-4-17)19-13-27(25,26)14-20(19)23/h5-8,15,17,19-20H,3-4,9-14H2,1-2H3/t19-,20+/m1/s1. The van der Waals surface area contributed by atoms with Crippen molar-refractivity contribution in [3.8, 4) is 0 Å².